The number of rotatable bonds is 6. The van der Waals surface area contributed by atoms with Gasteiger partial charge in [-0.25, -0.2) is 0 Å². The summed E-state index contributed by atoms with van der Waals surface area (Å²) in [6, 6.07) is 7.05. The van der Waals surface area contributed by atoms with Crippen LogP contribution in [0.4, 0.5) is 0 Å². The second-order valence-electron chi connectivity index (χ2n) is 7.12. The first kappa shape index (κ1) is 17.5. The topological polar surface area (TPSA) is 37.0 Å². The molecule has 0 amide bonds. The van der Waals surface area contributed by atoms with Gasteiger partial charge >= 0.3 is 0 Å². The van der Waals surface area contributed by atoms with Gasteiger partial charge in [-0.15, -0.1) is 0 Å². The molecule has 5 nitrogen and oxygen atoms in total. The largest absolute Gasteiger partial charge is 0.493 e. The molecule has 2 aliphatic heterocycles. The number of likely N-dealkylation sites (tertiary alicyclic amines) is 1. The third kappa shape index (κ3) is 4.41. The molecular weight excluding hydrogens is 302 g/mol. The smallest absolute Gasteiger partial charge is 0.161 e. The van der Waals surface area contributed by atoms with Crippen LogP contribution in [0.2, 0.25) is 0 Å². The van der Waals surface area contributed by atoms with Crippen LogP contribution < -0.4 is 14.8 Å². The van der Waals surface area contributed by atoms with Crippen molar-refractivity contribution in [3.63, 3.8) is 0 Å². The third-order valence-corrected chi connectivity index (χ3v) is 4.91. The molecule has 3 rings (SSSR count). The standard InChI is InChI=1S/C19H31N3O2/c1-15(2)24-18-5-4-16(12-19(18)23-3)13-21-9-6-17(14-21)22-10-7-20-8-11-22/h4-5,12,15,17,20H,6-11,13-14H2,1-3H3. The van der Waals surface area contributed by atoms with E-state index in [1.54, 1.807) is 7.11 Å². The summed E-state index contributed by atoms with van der Waals surface area (Å²) in [7, 11) is 1.71. The van der Waals surface area contributed by atoms with E-state index in [1.807, 2.05) is 19.9 Å². The molecule has 0 radical (unpaired) electrons. The second-order valence-corrected chi connectivity index (χ2v) is 7.12. The Balaban J connectivity index is 1.58. The molecule has 2 aliphatic rings. The first-order chi connectivity index (χ1) is 11.7. The maximum Gasteiger partial charge on any atom is 0.161 e. The minimum Gasteiger partial charge on any atom is -0.493 e. The van der Waals surface area contributed by atoms with E-state index in [9.17, 15) is 0 Å². The van der Waals surface area contributed by atoms with Gasteiger partial charge in [-0.05, 0) is 38.0 Å². The number of hydrogen-bond donors (Lipinski definition) is 1. The molecule has 2 fully saturated rings. The number of hydrogen-bond acceptors (Lipinski definition) is 5. The van der Waals surface area contributed by atoms with Crippen molar-refractivity contribution in [2.45, 2.75) is 39.0 Å². The van der Waals surface area contributed by atoms with Gasteiger partial charge in [0.05, 0.1) is 13.2 Å². The van der Waals surface area contributed by atoms with Crippen molar-refractivity contribution in [2.24, 2.45) is 0 Å². The molecule has 2 heterocycles. The monoisotopic (exact) mass is 333 g/mol. The van der Waals surface area contributed by atoms with Crippen LogP contribution in [0.3, 0.4) is 0 Å². The molecule has 1 aromatic rings. The SMILES string of the molecule is COc1cc(CN2CCC(N3CCNCC3)C2)ccc1OC(C)C. The van der Waals surface area contributed by atoms with E-state index >= 15 is 0 Å². The van der Waals surface area contributed by atoms with Gasteiger partial charge in [0.2, 0.25) is 0 Å². The van der Waals surface area contributed by atoms with E-state index in [0.717, 1.165) is 37.2 Å². The highest BCUT2D eigenvalue weighted by molar-refractivity contribution is 5.43. The van der Waals surface area contributed by atoms with Gasteiger partial charge in [-0.2, -0.15) is 0 Å². The van der Waals surface area contributed by atoms with Crippen LogP contribution in [0, 0.1) is 0 Å². The van der Waals surface area contributed by atoms with Crippen molar-refractivity contribution >= 4 is 0 Å². The summed E-state index contributed by atoms with van der Waals surface area (Å²) >= 11 is 0. The van der Waals surface area contributed by atoms with Crippen LogP contribution in [0.1, 0.15) is 25.8 Å². The number of nitrogens with zero attached hydrogens (tertiary/aromatic N) is 2. The molecule has 0 aromatic heterocycles. The average molecular weight is 333 g/mol. The number of ether oxygens (including phenoxy) is 2. The van der Waals surface area contributed by atoms with Crippen LogP contribution >= 0.6 is 0 Å². The van der Waals surface area contributed by atoms with Gasteiger partial charge in [0.1, 0.15) is 0 Å². The van der Waals surface area contributed by atoms with E-state index in [-0.39, 0.29) is 6.10 Å². The lowest BCUT2D eigenvalue weighted by Crippen LogP contribution is -2.49. The number of piperazine rings is 1. The lowest BCUT2D eigenvalue weighted by molar-refractivity contribution is 0.170. The average Bonchev–Trinajstić information content (AvgIpc) is 3.05. The summed E-state index contributed by atoms with van der Waals surface area (Å²) in [5.41, 5.74) is 1.30. The molecule has 0 spiro atoms. The van der Waals surface area contributed by atoms with Crippen molar-refractivity contribution in [2.75, 3.05) is 46.4 Å². The summed E-state index contributed by atoms with van der Waals surface area (Å²) in [6.45, 7) is 12.0. The first-order valence-electron chi connectivity index (χ1n) is 9.16. The Bertz CT molecular complexity index is 529. The summed E-state index contributed by atoms with van der Waals surface area (Å²) in [4.78, 5) is 5.21. The molecule has 0 bridgehead atoms. The minimum absolute atomic E-state index is 0.156. The summed E-state index contributed by atoms with van der Waals surface area (Å²) in [6.07, 6.45) is 1.44. The zero-order valence-electron chi connectivity index (χ0n) is 15.3. The highest BCUT2D eigenvalue weighted by Crippen LogP contribution is 2.30. The molecule has 0 aliphatic carbocycles. The van der Waals surface area contributed by atoms with Gasteiger partial charge in [-0.1, -0.05) is 6.07 Å². The predicted molar refractivity (Wildman–Crippen MR) is 96.9 cm³/mol. The fourth-order valence-electron chi connectivity index (χ4n) is 3.72. The second kappa shape index (κ2) is 8.19. The highest BCUT2D eigenvalue weighted by atomic mass is 16.5. The molecule has 24 heavy (non-hydrogen) atoms. The minimum atomic E-state index is 0.156. The number of nitrogens with one attached hydrogen (secondary N) is 1. The zero-order chi connectivity index (χ0) is 16.9. The van der Waals surface area contributed by atoms with Crippen LogP contribution in [-0.4, -0.2) is 68.3 Å². The van der Waals surface area contributed by atoms with Crippen LogP contribution in [-0.2, 0) is 6.54 Å². The van der Waals surface area contributed by atoms with Crippen LogP contribution in [0.15, 0.2) is 18.2 Å². The Hall–Kier alpha value is -1.30. The Morgan fingerprint density at radius 1 is 1.17 bits per heavy atom. The molecule has 1 unspecified atom stereocenters. The fourth-order valence-corrected chi connectivity index (χ4v) is 3.72. The lowest BCUT2D eigenvalue weighted by atomic mass is 10.2. The molecule has 134 valence electrons. The Morgan fingerprint density at radius 3 is 2.67 bits per heavy atom. The first-order valence-corrected chi connectivity index (χ1v) is 9.16. The zero-order valence-corrected chi connectivity index (χ0v) is 15.3. The van der Waals surface area contributed by atoms with E-state index in [1.165, 1.54) is 38.2 Å². The summed E-state index contributed by atoms with van der Waals surface area (Å²) in [5.74, 6) is 1.66. The molecular formula is C19H31N3O2. The number of methoxy groups -OCH3 is 1. The Kier molecular flexibility index (Phi) is 5.98. The third-order valence-electron chi connectivity index (χ3n) is 4.91. The highest BCUT2D eigenvalue weighted by Gasteiger charge is 2.28. The molecule has 5 heteroatoms. The van der Waals surface area contributed by atoms with Gasteiger partial charge < -0.3 is 14.8 Å². The van der Waals surface area contributed by atoms with Crippen molar-refractivity contribution in [1.29, 1.82) is 0 Å². The molecule has 1 aromatic carbocycles. The quantitative estimate of drug-likeness (QED) is 0.861. The van der Waals surface area contributed by atoms with Gasteiger partial charge in [0.25, 0.3) is 0 Å². The fraction of sp³-hybridized carbons (Fsp3) is 0.684. The normalized spacial score (nSPS) is 22.9. The van der Waals surface area contributed by atoms with Crippen molar-refractivity contribution in [3.05, 3.63) is 23.8 Å². The van der Waals surface area contributed by atoms with Crippen molar-refractivity contribution < 1.29 is 9.47 Å². The lowest BCUT2D eigenvalue weighted by Gasteiger charge is -2.32. The van der Waals surface area contributed by atoms with E-state index < -0.39 is 0 Å². The summed E-state index contributed by atoms with van der Waals surface area (Å²) < 4.78 is 11.3. The maximum atomic E-state index is 5.81. The Morgan fingerprint density at radius 2 is 1.96 bits per heavy atom. The van der Waals surface area contributed by atoms with Crippen LogP contribution in [0.25, 0.3) is 0 Å². The van der Waals surface area contributed by atoms with Crippen LogP contribution in [0.5, 0.6) is 11.5 Å². The van der Waals surface area contributed by atoms with E-state index in [0.29, 0.717) is 0 Å². The van der Waals surface area contributed by atoms with Gasteiger partial charge in [0.15, 0.2) is 11.5 Å². The summed E-state index contributed by atoms with van der Waals surface area (Å²) in [5, 5.41) is 3.44. The van der Waals surface area contributed by atoms with E-state index in [4.69, 9.17) is 9.47 Å². The molecule has 2 saturated heterocycles. The van der Waals surface area contributed by atoms with Crippen molar-refractivity contribution in [3.8, 4) is 11.5 Å². The maximum absolute atomic E-state index is 5.81. The Labute approximate surface area is 145 Å². The van der Waals surface area contributed by atoms with Gasteiger partial charge in [0, 0.05) is 51.9 Å². The van der Waals surface area contributed by atoms with Crippen molar-refractivity contribution in [1.82, 2.24) is 15.1 Å². The van der Waals surface area contributed by atoms with Gasteiger partial charge in [-0.3, -0.25) is 9.80 Å². The number of benzene rings is 1. The predicted octanol–water partition coefficient (Wildman–Crippen LogP) is 1.96. The molecule has 1 atom stereocenters. The molecule has 0 saturated carbocycles. The molecule has 1 N–H and O–H groups in total. The van der Waals surface area contributed by atoms with E-state index in [2.05, 4.69) is 27.2 Å².